The Morgan fingerprint density at radius 2 is 1.90 bits per heavy atom. The van der Waals surface area contributed by atoms with Crippen molar-refractivity contribution in [3.05, 3.63) is 53.7 Å². The van der Waals surface area contributed by atoms with Crippen LogP contribution in [0.4, 0.5) is 0 Å². The van der Waals surface area contributed by atoms with E-state index >= 15 is 0 Å². The van der Waals surface area contributed by atoms with Gasteiger partial charge in [0.25, 0.3) is 5.91 Å². The number of aryl methyl sites for hydroxylation is 2. The van der Waals surface area contributed by atoms with Crippen molar-refractivity contribution in [2.45, 2.75) is 32.8 Å². The Hall–Kier alpha value is -3.02. The first kappa shape index (κ1) is 19.3. The maximum atomic E-state index is 13.0. The second-order valence-electron chi connectivity index (χ2n) is 7.46. The van der Waals surface area contributed by atoms with E-state index in [4.69, 9.17) is 9.47 Å². The molecule has 1 saturated heterocycles. The molecule has 0 unspecified atom stereocenters. The van der Waals surface area contributed by atoms with Crippen LogP contribution in [0.5, 0.6) is 11.5 Å². The van der Waals surface area contributed by atoms with Gasteiger partial charge in [0, 0.05) is 50.0 Å². The Kier molecular flexibility index (Phi) is 5.43. The zero-order chi connectivity index (χ0) is 20.4. The Labute approximate surface area is 171 Å². The normalized spacial score (nSPS) is 14.9. The smallest absolute Gasteiger partial charge is 0.253 e. The quantitative estimate of drug-likeness (QED) is 0.658. The summed E-state index contributed by atoms with van der Waals surface area (Å²) in [6.45, 7) is 5.96. The lowest BCUT2D eigenvalue weighted by molar-refractivity contribution is 0.0595. The van der Waals surface area contributed by atoms with Crippen LogP contribution in [0.3, 0.4) is 0 Å². The molecule has 0 saturated carbocycles. The predicted molar refractivity (Wildman–Crippen MR) is 113 cm³/mol. The molecule has 4 rings (SSSR count). The molecule has 1 fully saturated rings. The van der Waals surface area contributed by atoms with E-state index in [2.05, 4.69) is 5.10 Å². The van der Waals surface area contributed by atoms with Crippen LogP contribution in [-0.2, 0) is 7.05 Å². The number of hydrogen-bond acceptors (Lipinski definition) is 4. The molecule has 0 radical (unpaired) electrons. The molecule has 152 valence electrons. The van der Waals surface area contributed by atoms with Crippen molar-refractivity contribution in [2.75, 3.05) is 19.7 Å². The first-order valence-corrected chi connectivity index (χ1v) is 10.2. The van der Waals surface area contributed by atoms with E-state index in [-0.39, 0.29) is 12.0 Å². The summed E-state index contributed by atoms with van der Waals surface area (Å²) in [5, 5.41) is 5.47. The van der Waals surface area contributed by atoms with Gasteiger partial charge in [-0.25, -0.2) is 0 Å². The molecule has 2 aromatic carbocycles. The summed E-state index contributed by atoms with van der Waals surface area (Å²) in [7, 11) is 1.92. The fourth-order valence-electron chi connectivity index (χ4n) is 3.93. The van der Waals surface area contributed by atoms with Gasteiger partial charge in [-0.15, -0.1) is 0 Å². The highest BCUT2D eigenvalue weighted by Crippen LogP contribution is 2.25. The SMILES string of the molecule is CCOc1cccc(OC2CCN(C(=O)c3ccc4c(c3)c(C)nn4C)CC2)c1. The molecule has 1 amide bonds. The molecule has 0 spiro atoms. The van der Waals surface area contributed by atoms with E-state index in [1.165, 1.54) is 0 Å². The number of amides is 1. The molecule has 1 aliphatic rings. The summed E-state index contributed by atoms with van der Waals surface area (Å²) >= 11 is 0. The van der Waals surface area contributed by atoms with Gasteiger partial charge in [-0.1, -0.05) is 6.07 Å². The van der Waals surface area contributed by atoms with Gasteiger partial charge < -0.3 is 14.4 Å². The highest BCUT2D eigenvalue weighted by molar-refractivity contribution is 5.98. The maximum absolute atomic E-state index is 13.0. The Bertz CT molecular complexity index is 1020. The monoisotopic (exact) mass is 393 g/mol. The Morgan fingerprint density at radius 3 is 2.66 bits per heavy atom. The topological polar surface area (TPSA) is 56.6 Å². The number of likely N-dealkylation sites (tertiary alicyclic amines) is 1. The molecule has 6 nitrogen and oxygen atoms in total. The largest absolute Gasteiger partial charge is 0.494 e. The number of piperidine rings is 1. The number of carbonyl (C=O) groups is 1. The standard InChI is InChI=1S/C23H27N3O3/c1-4-28-19-6-5-7-20(15-19)29-18-10-12-26(13-11-18)23(27)17-8-9-22-21(14-17)16(2)24-25(22)3/h5-9,14-15,18H,4,10-13H2,1-3H3. The lowest BCUT2D eigenvalue weighted by Crippen LogP contribution is -2.41. The summed E-state index contributed by atoms with van der Waals surface area (Å²) < 4.78 is 13.5. The van der Waals surface area contributed by atoms with Gasteiger partial charge in [0.2, 0.25) is 0 Å². The van der Waals surface area contributed by atoms with E-state index in [0.29, 0.717) is 19.7 Å². The van der Waals surface area contributed by atoms with Gasteiger partial charge >= 0.3 is 0 Å². The first-order chi connectivity index (χ1) is 14.0. The zero-order valence-electron chi connectivity index (χ0n) is 17.2. The molecule has 0 atom stereocenters. The van der Waals surface area contributed by atoms with Crippen LogP contribution in [0, 0.1) is 6.92 Å². The predicted octanol–water partition coefficient (Wildman–Crippen LogP) is 3.96. The Balaban J connectivity index is 1.38. The lowest BCUT2D eigenvalue weighted by atomic mass is 10.0. The van der Waals surface area contributed by atoms with Crippen LogP contribution in [0.2, 0.25) is 0 Å². The average Bonchev–Trinajstić information content (AvgIpc) is 3.02. The second kappa shape index (κ2) is 8.15. The highest BCUT2D eigenvalue weighted by Gasteiger charge is 2.25. The second-order valence-corrected chi connectivity index (χ2v) is 7.46. The van der Waals surface area contributed by atoms with E-state index in [0.717, 1.165) is 46.5 Å². The van der Waals surface area contributed by atoms with Crippen LogP contribution >= 0.6 is 0 Å². The molecule has 1 aromatic heterocycles. The van der Waals surface area contributed by atoms with Gasteiger partial charge in [-0.2, -0.15) is 5.10 Å². The van der Waals surface area contributed by atoms with Gasteiger partial charge in [-0.3, -0.25) is 9.48 Å². The van der Waals surface area contributed by atoms with E-state index in [9.17, 15) is 4.79 Å². The lowest BCUT2D eigenvalue weighted by Gasteiger charge is -2.32. The van der Waals surface area contributed by atoms with Crippen LogP contribution in [-0.4, -0.2) is 46.4 Å². The molecular weight excluding hydrogens is 366 g/mol. The maximum Gasteiger partial charge on any atom is 0.253 e. The van der Waals surface area contributed by atoms with Crippen LogP contribution in [0.15, 0.2) is 42.5 Å². The number of benzene rings is 2. The van der Waals surface area contributed by atoms with E-state index in [1.54, 1.807) is 0 Å². The minimum atomic E-state index is 0.0759. The average molecular weight is 393 g/mol. The number of rotatable bonds is 5. The van der Waals surface area contributed by atoms with Crippen molar-refractivity contribution >= 4 is 16.8 Å². The number of ether oxygens (including phenoxy) is 2. The number of hydrogen-bond donors (Lipinski definition) is 0. The molecule has 0 aliphatic carbocycles. The molecule has 2 heterocycles. The van der Waals surface area contributed by atoms with Crippen molar-refractivity contribution in [2.24, 2.45) is 7.05 Å². The van der Waals surface area contributed by atoms with Crippen molar-refractivity contribution in [1.29, 1.82) is 0 Å². The number of fused-ring (bicyclic) bond motifs is 1. The van der Waals surface area contributed by atoms with Gasteiger partial charge in [0.05, 0.1) is 17.8 Å². The number of aromatic nitrogens is 2. The van der Waals surface area contributed by atoms with E-state index in [1.807, 2.05) is 72.9 Å². The summed E-state index contributed by atoms with van der Waals surface area (Å²) in [5.74, 6) is 1.71. The van der Waals surface area contributed by atoms with Crippen LogP contribution in [0.1, 0.15) is 35.8 Å². The third-order valence-electron chi connectivity index (χ3n) is 5.43. The molecular formula is C23H27N3O3. The summed E-state index contributed by atoms with van der Waals surface area (Å²) in [5.41, 5.74) is 2.70. The van der Waals surface area contributed by atoms with Crippen molar-refractivity contribution in [1.82, 2.24) is 14.7 Å². The zero-order valence-corrected chi connectivity index (χ0v) is 17.2. The summed E-state index contributed by atoms with van der Waals surface area (Å²) in [6, 6.07) is 13.6. The molecule has 0 bridgehead atoms. The highest BCUT2D eigenvalue weighted by atomic mass is 16.5. The van der Waals surface area contributed by atoms with Gasteiger partial charge in [-0.05, 0) is 44.2 Å². The van der Waals surface area contributed by atoms with Crippen molar-refractivity contribution in [3.63, 3.8) is 0 Å². The first-order valence-electron chi connectivity index (χ1n) is 10.2. The Morgan fingerprint density at radius 1 is 1.14 bits per heavy atom. The fourth-order valence-corrected chi connectivity index (χ4v) is 3.93. The minimum Gasteiger partial charge on any atom is -0.494 e. The minimum absolute atomic E-state index is 0.0759. The van der Waals surface area contributed by atoms with E-state index < -0.39 is 0 Å². The van der Waals surface area contributed by atoms with Crippen LogP contribution < -0.4 is 9.47 Å². The molecule has 1 aliphatic heterocycles. The molecule has 0 N–H and O–H groups in total. The van der Waals surface area contributed by atoms with Crippen molar-refractivity contribution in [3.8, 4) is 11.5 Å². The fraction of sp³-hybridized carbons (Fsp3) is 0.391. The third-order valence-corrected chi connectivity index (χ3v) is 5.43. The van der Waals surface area contributed by atoms with Crippen molar-refractivity contribution < 1.29 is 14.3 Å². The summed E-state index contributed by atoms with van der Waals surface area (Å²) in [6.07, 6.45) is 1.75. The molecule has 29 heavy (non-hydrogen) atoms. The van der Waals surface area contributed by atoms with Crippen LogP contribution in [0.25, 0.3) is 10.9 Å². The number of nitrogens with zero attached hydrogens (tertiary/aromatic N) is 3. The third kappa shape index (κ3) is 4.06. The van der Waals surface area contributed by atoms with Gasteiger partial charge in [0.15, 0.2) is 0 Å². The summed E-state index contributed by atoms with van der Waals surface area (Å²) in [4.78, 5) is 14.9. The van der Waals surface area contributed by atoms with Gasteiger partial charge in [0.1, 0.15) is 17.6 Å². The number of carbonyl (C=O) groups excluding carboxylic acids is 1. The molecule has 6 heteroatoms. The molecule has 3 aromatic rings.